The van der Waals surface area contributed by atoms with Crippen LogP contribution in [0.25, 0.3) is 10.4 Å². The average Bonchev–Trinajstić information content (AvgIpc) is 2.85. The Morgan fingerprint density at radius 1 is 1.43 bits per heavy atom. The molecule has 4 heteroatoms. The van der Waals surface area contributed by atoms with Crippen molar-refractivity contribution < 1.29 is 4.84 Å². The van der Waals surface area contributed by atoms with Gasteiger partial charge in [0.05, 0.1) is 13.7 Å². The van der Waals surface area contributed by atoms with Crippen molar-refractivity contribution in [1.82, 2.24) is 5.48 Å². The van der Waals surface area contributed by atoms with E-state index in [4.69, 9.17) is 4.84 Å². The van der Waals surface area contributed by atoms with Crippen molar-refractivity contribution in [3.63, 3.8) is 0 Å². The van der Waals surface area contributed by atoms with E-state index >= 15 is 0 Å². The molecule has 74 valence electrons. The summed E-state index contributed by atoms with van der Waals surface area (Å²) in [6, 6.07) is 6.41. The fourth-order valence-electron chi connectivity index (χ4n) is 1.19. The van der Waals surface area contributed by atoms with Gasteiger partial charge in [-0.3, -0.25) is 0 Å². The summed E-state index contributed by atoms with van der Waals surface area (Å²) in [5, 5.41) is 4.28. The topological polar surface area (TPSA) is 21.3 Å². The lowest BCUT2D eigenvalue weighted by molar-refractivity contribution is 0.0874. The van der Waals surface area contributed by atoms with Crippen molar-refractivity contribution >= 4 is 22.7 Å². The minimum Gasteiger partial charge on any atom is -0.305 e. The molecule has 14 heavy (non-hydrogen) atoms. The Morgan fingerprint density at radius 2 is 2.36 bits per heavy atom. The zero-order chi connectivity index (χ0) is 9.80. The summed E-state index contributed by atoms with van der Waals surface area (Å²) in [7, 11) is 1.63. The van der Waals surface area contributed by atoms with E-state index < -0.39 is 0 Å². The summed E-state index contributed by atoms with van der Waals surface area (Å²) in [4.78, 5) is 7.42. The third-order valence-corrected chi connectivity index (χ3v) is 3.71. The Hall–Kier alpha value is -0.680. The van der Waals surface area contributed by atoms with Crippen LogP contribution in [-0.2, 0) is 11.4 Å². The van der Waals surface area contributed by atoms with Crippen molar-refractivity contribution in [3.05, 3.63) is 33.8 Å². The molecule has 2 heterocycles. The van der Waals surface area contributed by atoms with Gasteiger partial charge in [-0.15, -0.1) is 22.7 Å². The number of rotatable bonds is 4. The van der Waals surface area contributed by atoms with E-state index in [1.165, 1.54) is 15.3 Å². The van der Waals surface area contributed by atoms with Crippen LogP contribution in [0.2, 0.25) is 0 Å². The van der Waals surface area contributed by atoms with Crippen LogP contribution in [0.15, 0.2) is 29.0 Å². The first kappa shape index (κ1) is 9.86. The van der Waals surface area contributed by atoms with Gasteiger partial charge in [0.1, 0.15) is 0 Å². The molecule has 2 rings (SSSR count). The van der Waals surface area contributed by atoms with Gasteiger partial charge in [-0.1, -0.05) is 6.07 Å². The van der Waals surface area contributed by atoms with E-state index in [0.717, 1.165) is 6.54 Å². The number of hydroxylamine groups is 1. The van der Waals surface area contributed by atoms with Gasteiger partial charge in [-0.05, 0) is 22.9 Å². The van der Waals surface area contributed by atoms with Gasteiger partial charge in [0.2, 0.25) is 0 Å². The number of thiophene rings is 2. The van der Waals surface area contributed by atoms with Crippen molar-refractivity contribution in [2.45, 2.75) is 6.54 Å². The fraction of sp³-hybridized carbons (Fsp3) is 0.200. The van der Waals surface area contributed by atoms with Crippen LogP contribution < -0.4 is 5.48 Å². The summed E-state index contributed by atoms with van der Waals surface area (Å²) in [5.74, 6) is 0. The van der Waals surface area contributed by atoms with Gasteiger partial charge in [0.15, 0.2) is 0 Å². The van der Waals surface area contributed by atoms with Crippen LogP contribution >= 0.6 is 22.7 Å². The summed E-state index contributed by atoms with van der Waals surface area (Å²) < 4.78 is 0. The molecule has 0 saturated carbocycles. The summed E-state index contributed by atoms with van der Waals surface area (Å²) in [5.41, 5.74) is 4.14. The van der Waals surface area contributed by atoms with Gasteiger partial charge in [-0.25, -0.2) is 0 Å². The zero-order valence-corrected chi connectivity index (χ0v) is 9.45. The Kier molecular flexibility index (Phi) is 3.31. The molecule has 2 nitrogen and oxygen atoms in total. The quantitative estimate of drug-likeness (QED) is 0.807. The highest BCUT2D eigenvalue weighted by Crippen LogP contribution is 2.28. The minimum absolute atomic E-state index is 0.770. The highest BCUT2D eigenvalue weighted by molar-refractivity contribution is 7.14. The monoisotopic (exact) mass is 225 g/mol. The molecule has 0 spiro atoms. The molecule has 0 aliphatic carbocycles. The second kappa shape index (κ2) is 4.70. The summed E-state index contributed by atoms with van der Waals surface area (Å²) in [6.45, 7) is 0.770. The smallest absolute Gasteiger partial charge is 0.0572 e. The van der Waals surface area contributed by atoms with E-state index in [1.807, 2.05) is 0 Å². The number of hydrogen-bond donors (Lipinski definition) is 1. The Balaban J connectivity index is 2.10. The highest BCUT2D eigenvalue weighted by Gasteiger charge is 2.02. The first-order valence-electron chi connectivity index (χ1n) is 4.27. The van der Waals surface area contributed by atoms with Crippen molar-refractivity contribution in [3.8, 4) is 10.4 Å². The SMILES string of the molecule is CONCc1cc(-c2cccs2)cs1. The van der Waals surface area contributed by atoms with Gasteiger partial charge in [0, 0.05) is 15.3 Å². The predicted octanol–water partition coefficient (Wildman–Crippen LogP) is 3.13. The molecule has 2 aromatic heterocycles. The van der Waals surface area contributed by atoms with E-state index in [1.54, 1.807) is 29.8 Å². The normalized spacial score (nSPS) is 10.6. The highest BCUT2D eigenvalue weighted by atomic mass is 32.1. The molecule has 0 aliphatic heterocycles. The van der Waals surface area contributed by atoms with Crippen LogP contribution in [0, 0.1) is 0 Å². The maximum atomic E-state index is 4.80. The summed E-state index contributed by atoms with van der Waals surface area (Å²) >= 11 is 3.52. The zero-order valence-electron chi connectivity index (χ0n) is 7.82. The third kappa shape index (κ3) is 2.22. The average molecular weight is 225 g/mol. The van der Waals surface area contributed by atoms with Crippen molar-refractivity contribution in [1.29, 1.82) is 0 Å². The maximum absolute atomic E-state index is 4.80. The van der Waals surface area contributed by atoms with E-state index in [2.05, 4.69) is 34.4 Å². The molecule has 0 unspecified atom stereocenters. The lowest BCUT2D eigenvalue weighted by Crippen LogP contribution is -2.09. The molecular weight excluding hydrogens is 214 g/mol. The molecule has 0 atom stereocenters. The Bertz CT molecular complexity index is 380. The number of hydrogen-bond acceptors (Lipinski definition) is 4. The number of nitrogens with one attached hydrogen (secondary N) is 1. The lowest BCUT2D eigenvalue weighted by Gasteiger charge is -1.96. The molecule has 0 aromatic carbocycles. The maximum Gasteiger partial charge on any atom is 0.0572 e. The van der Waals surface area contributed by atoms with Crippen LogP contribution in [0.1, 0.15) is 4.88 Å². The Labute approximate surface area is 91.1 Å². The van der Waals surface area contributed by atoms with Crippen molar-refractivity contribution in [2.75, 3.05) is 7.11 Å². The second-order valence-corrected chi connectivity index (χ2v) is 4.75. The molecule has 1 N–H and O–H groups in total. The first-order valence-corrected chi connectivity index (χ1v) is 6.03. The van der Waals surface area contributed by atoms with Gasteiger partial charge < -0.3 is 4.84 Å². The first-order chi connectivity index (χ1) is 6.90. The molecule has 0 amide bonds. The summed E-state index contributed by atoms with van der Waals surface area (Å²) in [6.07, 6.45) is 0. The predicted molar refractivity (Wildman–Crippen MR) is 61.5 cm³/mol. The van der Waals surface area contributed by atoms with Gasteiger partial charge in [-0.2, -0.15) is 5.48 Å². The van der Waals surface area contributed by atoms with E-state index in [9.17, 15) is 0 Å². The van der Waals surface area contributed by atoms with Crippen molar-refractivity contribution in [2.24, 2.45) is 0 Å². The lowest BCUT2D eigenvalue weighted by atomic mass is 10.2. The largest absolute Gasteiger partial charge is 0.305 e. The third-order valence-electron chi connectivity index (χ3n) is 1.85. The molecule has 0 fully saturated rings. The molecule has 0 aliphatic rings. The standard InChI is InChI=1S/C10H11NOS2/c1-12-11-6-9-5-8(7-14-9)10-3-2-4-13-10/h2-5,7,11H,6H2,1H3. The van der Waals surface area contributed by atoms with Gasteiger partial charge >= 0.3 is 0 Å². The molecule has 0 bridgehead atoms. The Morgan fingerprint density at radius 3 is 3.07 bits per heavy atom. The molecule has 2 aromatic rings. The van der Waals surface area contributed by atoms with Gasteiger partial charge in [0.25, 0.3) is 0 Å². The molecule has 0 radical (unpaired) electrons. The minimum atomic E-state index is 0.770. The molecular formula is C10H11NOS2. The second-order valence-electron chi connectivity index (χ2n) is 2.80. The van der Waals surface area contributed by atoms with Crippen LogP contribution in [0.5, 0.6) is 0 Å². The van der Waals surface area contributed by atoms with Crippen LogP contribution in [0.3, 0.4) is 0 Å². The van der Waals surface area contributed by atoms with E-state index in [0.29, 0.717) is 0 Å². The molecule has 0 saturated heterocycles. The van der Waals surface area contributed by atoms with Crippen LogP contribution in [0.4, 0.5) is 0 Å². The van der Waals surface area contributed by atoms with E-state index in [-0.39, 0.29) is 0 Å². The fourth-order valence-corrected chi connectivity index (χ4v) is 2.79. The van der Waals surface area contributed by atoms with Crippen LogP contribution in [-0.4, -0.2) is 7.11 Å².